The van der Waals surface area contributed by atoms with Crippen molar-refractivity contribution in [3.8, 4) is 0 Å². The molecule has 0 bridgehead atoms. The van der Waals surface area contributed by atoms with E-state index in [1.807, 2.05) is 24.3 Å². The summed E-state index contributed by atoms with van der Waals surface area (Å²) < 4.78 is 0. The lowest BCUT2D eigenvalue weighted by atomic mass is 10.0. The van der Waals surface area contributed by atoms with Crippen LogP contribution in [0, 0.1) is 0 Å². The number of nitrogens with one attached hydrogen (secondary N) is 4. The number of aromatic nitrogens is 1. The van der Waals surface area contributed by atoms with Crippen molar-refractivity contribution >= 4 is 40.6 Å². The SMILES string of the molecule is CC(NC(=O)C(Cc1c[nH]c2ccccc12)NC(=O)C(N)CCC(=O)O)C(=O)NC(Cc1ccccc1)C(=O)O. The van der Waals surface area contributed by atoms with Crippen LogP contribution in [0.15, 0.2) is 60.8 Å². The quantitative estimate of drug-likeness (QED) is 0.152. The Morgan fingerprint density at radius 3 is 2.15 bits per heavy atom. The Hall–Kier alpha value is -4.71. The van der Waals surface area contributed by atoms with Gasteiger partial charge in [0, 0.05) is 36.4 Å². The van der Waals surface area contributed by atoms with Gasteiger partial charge in [-0.25, -0.2) is 4.79 Å². The molecule has 8 N–H and O–H groups in total. The number of benzene rings is 2. The molecule has 212 valence electrons. The Kier molecular flexibility index (Phi) is 10.4. The van der Waals surface area contributed by atoms with Crippen LogP contribution in [0.5, 0.6) is 0 Å². The number of carbonyl (C=O) groups is 5. The van der Waals surface area contributed by atoms with Crippen molar-refractivity contribution in [2.24, 2.45) is 5.73 Å². The van der Waals surface area contributed by atoms with Crippen molar-refractivity contribution in [2.75, 3.05) is 0 Å². The first-order valence-corrected chi connectivity index (χ1v) is 12.8. The fourth-order valence-electron chi connectivity index (χ4n) is 4.14. The largest absolute Gasteiger partial charge is 0.481 e. The van der Waals surface area contributed by atoms with Gasteiger partial charge in [-0.15, -0.1) is 0 Å². The zero-order chi connectivity index (χ0) is 29.2. The zero-order valence-electron chi connectivity index (χ0n) is 21.9. The summed E-state index contributed by atoms with van der Waals surface area (Å²) in [6, 6.07) is 11.5. The van der Waals surface area contributed by atoms with Crippen LogP contribution in [-0.4, -0.2) is 69.0 Å². The van der Waals surface area contributed by atoms with Crippen molar-refractivity contribution in [3.05, 3.63) is 71.9 Å². The van der Waals surface area contributed by atoms with Crippen molar-refractivity contribution in [1.29, 1.82) is 0 Å². The van der Waals surface area contributed by atoms with E-state index < -0.39 is 53.8 Å². The van der Waals surface area contributed by atoms with E-state index in [0.29, 0.717) is 5.56 Å². The topological polar surface area (TPSA) is 204 Å². The third-order valence-corrected chi connectivity index (χ3v) is 6.39. The molecule has 3 aromatic rings. The van der Waals surface area contributed by atoms with Gasteiger partial charge in [0.2, 0.25) is 17.7 Å². The number of para-hydroxylation sites is 1. The molecule has 12 heteroatoms. The van der Waals surface area contributed by atoms with Gasteiger partial charge in [0.15, 0.2) is 0 Å². The Bertz CT molecular complexity index is 1360. The lowest BCUT2D eigenvalue weighted by Gasteiger charge is -2.23. The molecule has 40 heavy (non-hydrogen) atoms. The summed E-state index contributed by atoms with van der Waals surface area (Å²) in [6.07, 6.45) is 1.36. The molecule has 0 spiro atoms. The second kappa shape index (κ2) is 13.9. The van der Waals surface area contributed by atoms with Crippen LogP contribution in [0.25, 0.3) is 10.9 Å². The van der Waals surface area contributed by atoms with Gasteiger partial charge in [0.05, 0.1) is 6.04 Å². The molecule has 3 amide bonds. The van der Waals surface area contributed by atoms with Crippen molar-refractivity contribution < 1.29 is 34.2 Å². The van der Waals surface area contributed by atoms with E-state index in [1.165, 1.54) is 6.92 Å². The fourth-order valence-corrected chi connectivity index (χ4v) is 4.14. The van der Waals surface area contributed by atoms with Crippen LogP contribution < -0.4 is 21.7 Å². The molecule has 0 aliphatic heterocycles. The number of carboxylic acid groups (broad SMARTS) is 2. The zero-order valence-corrected chi connectivity index (χ0v) is 21.9. The van der Waals surface area contributed by atoms with Crippen LogP contribution in [0.3, 0.4) is 0 Å². The number of fused-ring (bicyclic) bond motifs is 1. The maximum atomic E-state index is 13.3. The van der Waals surface area contributed by atoms with Crippen LogP contribution in [-0.2, 0) is 36.8 Å². The second-order valence-electron chi connectivity index (χ2n) is 9.48. The number of rotatable bonds is 14. The first kappa shape index (κ1) is 29.8. The number of amides is 3. The third-order valence-electron chi connectivity index (χ3n) is 6.39. The minimum atomic E-state index is -1.23. The van der Waals surface area contributed by atoms with Gasteiger partial charge in [-0.3, -0.25) is 19.2 Å². The van der Waals surface area contributed by atoms with Crippen LogP contribution >= 0.6 is 0 Å². The number of carboxylic acids is 2. The van der Waals surface area contributed by atoms with E-state index in [0.717, 1.165) is 16.5 Å². The van der Waals surface area contributed by atoms with Crippen molar-refractivity contribution in [2.45, 2.75) is 56.8 Å². The van der Waals surface area contributed by atoms with Gasteiger partial charge in [-0.1, -0.05) is 48.5 Å². The number of hydrogen-bond acceptors (Lipinski definition) is 6. The molecule has 0 aliphatic carbocycles. The molecular weight excluding hydrogens is 518 g/mol. The van der Waals surface area contributed by atoms with Gasteiger partial charge < -0.3 is 36.9 Å². The number of aliphatic carboxylic acids is 2. The summed E-state index contributed by atoms with van der Waals surface area (Å²) in [5.41, 5.74) is 8.11. The number of hydrogen-bond donors (Lipinski definition) is 7. The maximum Gasteiger partial charge on any atom is 0.326 e. The number of aromatic amines is 1. The first-order chi connectivity index (χ1) is 19.0. The third kappa shape index (κ3) is 8.40. The molecular formula is C28H33N5O7. The summed E-state index contributed by atoms with van der Waals surface area (Å²) in [7, 11) is 0. The smallest absolute Gasteiger partial charge is 0.326 e. The van der Waals surface area contributed by atoms with E-state index >= 15 is 0 Å². The summed E-state index contributed by atoms with van der Waals surface area (Å²) >= 11 is 0. The van der Waals surface area contributed by atoms with E-state index in [2.05, 4.69) is 20.9 Å². The normalized spacial score (nSPS) is 13.9. The molecule has 12 nitrogen and oxygen atoms in total. The van der Waals surface area contributed by atoms with Crippen molar-refractivity contribution in [3.63, 3.8) is 0 Å². The van der Waals surface area contributed by atoms with E-state index in [-0.39, 0.29) is 25.7 Å². The number of carbonyl (C=O) groups excluding carboxylic acids is 3. The summed E-state index contributed by atoms with van der Waals surface area (Å²) in [4.78, 5) is 64.5. The molecule has 1 aromatic heterocycles. The highest BCUT2D eigenvalue weighted by molar-refractivity contribution is 5.94. The Labute approximate surface area is 230 Å². The Morgan fingerprint density at radius 1 is 0.825 bits per heavy atom. The predicted molar refractivity (Wildman–Crippen MR) is 146 cm³/mol. The highest BCUT2D eigenvalue weighted by Gasteiger charge is 2.29. The molecule has 4 atom stereocenters. The molecule has 0 radical (unpaired) electrons. The maximum absolute atomic E-state index is 13.3. The molecule has 1 heterocycles. The second-order valence-corrected chi connectivity index (χ2v) is 9.48. The molecule has 0 saturated heterocycles. The lowest BCUT2D eigenvalue weighted by Crippen LogP contribution is -2.57. The van der Waals surface area contributed by atoms with Gasteiger partial charge in [0.1, 0.15) is 18.1 Å². The van der Waals surface area contributed by atoms with E-state index in [1.54, 1.807) is 36.5 Å². The van der Waals surface area contributed by atoms with Gasteiger partial charge in [-0.2, -0.15) is 0 Å². The van der Waals surface area contributed by atoms with Gasteiger partial charge in [0.25, 0.3) is 0 Å². The lowest BCUT2D eigenvalue weighted by molar-refractivity contribution is -0.142. The first-order valence-electron chi connectivity index (χ1n) is 12.8. The highest BCUT2D eigenvalue weighted by Crippen LogP contribution is 2.19. The van der Waals surface area contributed by atoms with E-state index in [4.69, 9.17) is 10.8 Å². The molecule has 3 rings (SSSR count). The minimum absolute atomic E-state index is 0.0489. The van der Waals surface area contributed by atoms with Crippen molar-refractivity contribution in [1.82, 2.24) is 20.9 Å². The Morgan fingerprint density at radius 2 is 1.48 bits per heavy atom. The molecule has 4 unspecified atom stereocenters. The fraction of sp³-hybridized carbons (Fsp3) is 0.321. The van der Waals surface area contributed by atoms with Crippen LogP contribution in [0.2, 0.25) is 0 Å². The monoisotopic (exact) mass is 551 g/mol. The van der Waals surface area contributed by atoms with Gasteiger partial charge in [-0.05, 0) is 30.5 Å². The van der Waals surface area contributed by atoms with E-state index in [9.17, 15) is 29.1 Å². The minimum Gasteiger partial charge on any atom is -0.481 e. The summed E-state index contributed by atoms with van der Waals surface area (Å²) in [5, 5.41) is 26.9. The molecule has 0 aliphatic rings. The average molecular weight is 552 g/mol. The number of H-pyrrole nitrogens is 1. The van der Waals surface area contributed by atoms with Gasteiger partial charge >= 0.3 is 11.9 Å². The standard InChI is InChI=1S/C28H33N5O7/c1-16(25(36)33-23(28(39)40)13-17-7-3-2-4-8-17)31-27(38)22(32-26(37)20(29)11-12-24(34)35)14-18-15-30-21-10-6-5-9-19(18)21/h2-10,15-16,20,22-23,30H,11-14,29H2,1H3,(H,31,38)(H,32,37)(H,33,36)(H,34,35)(H,39,40). The Balaban J connectivity index is 1.72. The predicted octanol–water partition coefficient (Wildman–Crippen LogP) is 0.704. The van der Waals surface area contributed by atoms with Crippen LogP contribution in [0.1, 0.15) is 30.9 Å². The summed E-state index contributed by atoms with van der Waals surface area (Å²) in [5.74, 6) is -4.46. The average Bonchev–Trinajstić information content (AvgIpc) is 3.33. The molecule has 2 aromatic carbocycles. The summed E-state index contributed by atoms with van der Waals surface area (Å²) in [6.45, 7) is 1.40. The van der Waals surface area contributed by atoms with Crippen LogP contribution in [0.4, 0.5) is 0 Å². The number of nitrogens with two attached hydrogens (primary N) is 1. The molecule has 0 fully saturated rings. The highest BCUT2D eigenvalue weighted by atomic mass is 16.4. The molecule has 0 saturated carbocycles.